The largest absolute Gasteiger partial charge is 0.493 e. The number of amides is 1. The SMILES string of the molecule is CCOc1cccc2sc(N3CCN(CCNC(=O)c4cc(OC)c(OC)c(OC)c4)CC3)nc12. The fourth-order valence-electron chi connectivity index (χ4n) is 4.12. The highest BCUT2D eigenvalue weighted by atomic mass is 32.1. The van der Waals surface area contributed by atoms with Crippen LogP contribution in [0.1, 0.15) is 17.3 Å². The van der Waals surface area contributed by atoms with Crippen LogP contribution in [0.5, 0.6) is 23.0 Å². The molecule has 2 heterocycles. The number of carbonyl (C=O) groups is 1. The molecule has 188 valence electrons. The number of methoxy groups -OCH3 is 3. The van der Waals surface area contributed by atoms with Crippen molar-refractivity contribution < 1.29 is 23.7 Å². The topological polar surface area (TPSA) is 85.4 Å². The number of carbonyl (C=O) groups excluding carboxylic acids is 1. The van der Waals surface area contributed by atoms with Crippen molar-refractivity contribution in [2.24, 2.45) is 0 Å². The van der Waals surface area contributed by atoms with E-state index in [9.17, 15) is 4.79 Å². The Morgan fingerprint density at radius 2 is 1.74 bits per heavy atom. The molecule has 1 amide bonds. The van der Waals surface area contributed by atoms with Crippen LogP contribution < -0.4 is 29.2 Å². The van der Waals surface area contributed by atoms with Crippen LogP contribution in [0.3, 0.4) is 0 Å². The molecule has 9 nitrogen and oxygen atoms in total. The predicted octanol–water partition coefficient (Wildman–Crippen LogP) is 3.27. The first-order chi connectivity index (χ1) is 17.1. The Balaban J connectivity index is 1.29. The second-order valence-electron chi connectivity index (χ2n) is 8.03. The fraction of sp³-hybridized carbons (Fsp3) is 0.440. The van der Waals surface area contributed by atoms with Crippen LogP contribution in [0, 0.1) is 0 Å². The minimum absolute atomic E-state index is 0.178. The van der Waals surface area contributed by atoms with Crippen molar-refractivity contribution in [2.45, 2.75) is 6.92 Å². The molecule has 10 heteroatoms. The summed E-state index contributed by atoms with van der Waals surface area (Å²) in [4.78, 5) is 22.2. The molecular weight excluding hydrogens is 468 g/mol. The van der Waals surface area contributed by atoms with E-state index in [1.54, 1.807) is 23.5 Å². The third kappa shape index (κ3) is 5.54. The first kappa shape index (κ1) is 24.9. The Labute approximate surface area is 209 Å². The molecule has 0 saturated carbocycles. The van der Waals surface area contributed by atoms with Gasteiger partial charge >= 0.3 is 0 Å². The van der Waals surface area contributed by atoms with E-state index in [1.165, 1.54) is 21.3 Å². The zero-order valence-electron chi connectivity index (χ0n) is 20.6. The molecule has 1 aliphatic heterocycles. The molecule has 0 bridgehead atoms. The molecule has 1 fully saturated rings. The number of para-hydroxylation sites is 1. The van der Waals surface area contributed by atoms with E-state index < -0.39 is 0 Å². The molecule has 0 radical (unpaired) electrons. The monoisotopic (exact) mass is 500 g/mol. The Morgan fingerprint density at radius 1 is 1.03 bits per heavy atom. The third-order valence-corrected chi connectivity index (χ3v) is 7.04. The summed E-state index contributed by atoms with van der Waals surface area (Å²) in [6, 6.07) is 9.39. The molecule has 1 N–H and O–H groups in total. The Kier molecular flexibility index (Phi) is 8.14. The molecule has 1 aromatic heterocycles. The Morgan fingerprint density at radius 3 is 2.37 bits per heavy atom. The van der Waals surface area contributed by atoms with Gasteiger partial charge < -0.3 is 29.2 Å². The van der Waals surface area contributed by atoms with Crippen LogP contribution in [0.25, 0.3) is 10.2 Å². The maximum atomic E-state index is 12.7. The van der Waals surface area contributed by atoms with E-state index in [1.807, 2.05) is 19.1 Å². The highest BCUT2D eigenvalue weighted by Gasteiger charge is 2.21. The molecular formula is C25H32N4O5S. The van der Waals surface area contributed by atoms with E-state index >= 15 is 0 Å². The summed E-state index contributed by atoms with van der Waals surface area (Å²) >= 11 is 1.70. The smallest absolute Gasteiger partial charge is 0.251 e. The summed E-state index contributed by atoms with van der Waals surface area (Å²) in [5.74, 6) is 2.04. The highest BCUT2D eigenvalue weighted by molar-refractivity contribution is 7.22. The molecule has 1 saturated heterocycles. The summed E-state index contributed by atoms with van der Waals surface area (Å²) in [6.07, 6.45) is 0. The van der Waals surface area contributed by atoms with Crippen LogP contribution in [0.15, 0.2) is 30.3 Å². The minimum atomic E-state index is -0.178. The van der Waals surface area contributed by atoms with Gasteiger partial charge in [-0.1, -0.05) is 17.4 Å². The minimum Gasteiger partial charge on any atom is -0.493 e. The lowest BCUT2D eigenvalue weighted by atomic mass is 10.1. The number of rotatable bonds is 10. The van der Waals surface area contributed by atoms with Crippen LogP contribution in [0.4, 0.5) is 5.13 Å². The Bertz CT molecular complexity index is 1130. The molecule has 0 aliphatic carbocycles. The van der Waals surface area contributed by atoms with E-state index in [2.05, 4.69) is 21.2 Å². The van der Waals surface area contributed by atoms with E-state index in [-0.39, 0.29) is 5.91 Å². The van der Waals surface area contributed by atoms with E-state index in [0.29, 0.717) is 36.0 Å². The maximum absolute atomic E-state index is 12.7. The van der Waals surface area contributed by atoms with Gasteiger partial charge in [-0.15, -0.1) is 0 Å². The zero-order valence-corrected chi connectivity index (χ0v) is 21.4. The Hall–Kier alpha value is -3.24. The number of aromatic nitrogens is 1. The number of fused-ring (bicyclic) bond motifs is 1. The van der Waals surface area contributed by atoms with Gasteiger partial charge in [-0.25, -0.2) is 4.98 Å². The van der Waals surface area contributed by atoms with Crippen LogP contribution in [-0.2, 0) is 0 Å². The van der Waals surface area contributed by atoms with Gasteiger partial charge in [0, 0.05) is 44.8 Å². The van der Waals surface area contributed by atoms with Crippen molar-refractivity contribution in [1.82, 2.24) is 15.2 Å². The summed E-state index contributed by atoms with van der Waals surface area (Å²) < 4.78 is 22.9. The fourth-order valence-corrected chi connectivity index (χ4v) is 5.16. The average Bonchev–Trinajstić information content (AvgIpc) is 3.33. The van der Waals surface area contributed by atoms with Gasteiger partial charge in [0.1, 0.15) is 11.3 Å². The number of anilines is 1. The van der Waals surface area contributed by atoms with Gasteiger partial charge in [0.15, 0.2) is 16.6 Å². The number of thiazole rings is 1. The first-order valence-corrected chi connectivity index (χ1v) is 12.5. The van der Waals surface area contributed by atoms with Crippen molar-refractivity contribution in [1.29, 1.82) is 0 Å². The molecule has 2 aromatic carbocycles. The summed E-state index contributed by atoms with van der Waals surface area (Å²) in [7, 11) is 4.60. The van der Waals surface area contributed by atoms with Crippen LogP contribution >= 0.6 is 11.3 Å². The lowest BCUT2D eigenvalue weighted by molar-refractivity contribution is 0.0947. The standard InChI is InChI=1S/C25H32N4O5S/c1-5-34-18-7-6-8-21-22(18)27-25(35-21)29-13-11-28(12-14-29)10-9-26-24(30)17-15-19(31-2)23(33-4)20(16-17)32-3/h6-8,15-16H,5,9-14H2,1-4H3,(H,26,30). The first-order valence-electron chi connectivity index (χ1n) is 11.7. The average molecular weight is 501 g/mol. The molecule has 3 aromatic rings. The number of ether oxygens (including phenoxy) is 4. The number of nitrogens with zero attached hydrogens (tertiary/aromatic N) is 3. The van der Waals surface area contributed by atoms with Gasteiger partial charge in [-0.3, -0.25) is 9.69 Å². The van der Waals surface area contributed by atoms with Gasteiger partial charge in [0.05, 0.1) is 32.6 Å². The zero-order chi connectivity index (χ0) is 24.8. The van der Waals surface area contributed by atoms with Crippen molar-refractivity contribution in [3.05, 3.63) is 35.9 Å². The van der Waals surface area contributed by atoms with Crippen molar-refractivity contribution in [3.63, 3.8) is 0 Å². The van der Waals surface area contributed by atoms with Gasteiger partial charge in [0.2, 0.25) is 5.75 Å². The van der Waals surface area contributed by atoms with Crippen LogP contribution in [-0.4, -0.2) is 83.0 Å². The second kappa shape index (κ2) is 11.5. The molecule has 0 atom stereocenters. The van der Waals surface area contributed by atoms with E-state index in [4.69, 9.17) is 23.9 Å². The van der Waals surface area contributed by atoms with E-state index in [0.717, 1.165) is 53.8 Å². The number of hydrogen-bond donors (Lipinski definition) is 1. The number of benzene rings is 2. The normalized spacial score (nSPS) is 14.1. The quantitative estimate of drug-likeness (QED) is 0.454. The van der Waals surface area contributed by atoms with Crippen molar-refractivity contribution >= 4 is 32.6 Å². The van der Waals surface area contributed by atoms with Gasteiger partial charge in [-0.2, -0.15) is 0 Å². The third-order valence-electron chi connectivity index (χ3n) is 5.95. The van der Waals surface area contributed by atoms with Crippen molar-refractivity contribution in [2.75, 3.05) is 72.1 Å². The molecule has 0 unspecified atom stereocenters. The van der Waals surface area contributed by atoms with Gasteiger partial charge in [-0.05, 0) is 31.2 Å². The predicted molar refractivity (Wildman–Crippen MR) is 138 cm³/mol. The highest BCUT2D eigenvalue weighted by Crippen LogP contribution is 2.38. The number of piperazine rings is 1. The number of nitrogens with one attached hydrogen (secondary N) is 1. The molecule has 4 rings (SSSR count). The number of hydrogen-bond acceptors (Lipinski definition) is 9. The van der Waals surface area contributed by atoms with Crippen molar-refractivity contribution in [3.8, 4) is 23.0 Å². The molecule has 0 spiro atoms. The summed E-state index contributed by atoms with van der Waals surface area (Å²) in [5, 5.41) is 4.02. The molecule has 35 heavy (non-hydrogen) atoms. The lowest BCUT2D eigenvalue weighted by Gasteiger charge is -2.34. The second-order valence-corrected chi connectivity index (χ2v) is 9.04. The molecule has 1 aliphatic rings. The summed E-state index contributed by atoms with van der Waals surface area (Å²) in [5.41, 5.74) is 1.40. The van der Waals surface area contributed by atoms with Crippen LogP contribution in [0.2, 0.25) is 0 Å². The lowest BCUT2D eigenvalue weighted by Crippen LogP contribution is -2.48. The maximum Gasteiger partial charge on any atom is 0.251 e. The summed E-state index contributed by atoms with van der Waals surface area (Å²) in [6.45, 7) is 7.55. The van der Waals surface area contributed by atoms with Gasteiger partial charge in [0.25, 0.3) is 5.91 Å².